The number of amides is 1. The number of nitrogens with one attached hydrogen (secondary N) is 1. The molecule has 2 aromatic carbocycles. The molecule has 3 rings (SSSR count). The second-order valence-electron chi connectivity index (χ2n) is 4.89. The predicted molar refractivity (Wildman–Crippen MR) is 85.2 cm³/mol. The SMILES string of the molecule is CN1C(=S)C(C(=O)Nc2ccccc2)c2cc(F)ccc21. The number of nitrogens with zero attached hydrogens (tertiary/aromatic N) is 1. The van der Waals surface area contributed by atoms with Gasteiger partial charge in [0, 0.05) is 18.4 Å². The molecule has 106 valence electrons. The van der Waals surface area contributed by atoms with E-state index in [0.29, 0.717) is 16.2 Å². The average Bonchev–Trinajstić information content (AvgIpc) is 2.71. The summed E-state index contributed by atoms with van der Waals surface area (Å²) in [5.74, 6) is -1.26. The molecule has 1 aliphatic heterocycles. The number of anilines is 2. The highest BCUT2D eigenvalue weighted by molar-refractivity contribution is 7.80. The van der Waals surface area contributed by atoms with Gasteiger partial charge in [-0.1, -0.05) is 30.4 Å². The number of para-hydroxylation sites is 1. The van der Waals surface area contributed by atoms with Crippen molar-refractivity contribution in [1.82, 2.24) is 0 Å². The Morgan fingerprint density at radius 2 is 1.95 bits per heavy atom. The van der Waals surface area contributed by atoms with Crippen molar-refractivity contribution in [3.05, 3.63) is 59.9 Å². The van der Waals surface area contributed by atoms with Gasteiger partial charge in [0.15, 0.2) is 0 Å². The van der Waals surface area contributed by atoms with Crippen molar-refractivity contribution in [2.45, 2.75) is 5.92 Å². The number of hydrogen-bond donors (Lipinski definition) is 1. The monoisotopic (exact) mass is 300 g/mol. The standard InChI is InChI=1S/C16H13FN2OS/c1-19-13-8-7-10(17)9-12(13)14(16(19)21)15(20)18-11-5-3-2-4-6-11/h2-9,14H,1H3,(H,18,20). The molecule has 0 bridgehead atoms. The van der Waals surface area contributed by atoms with Crippen molar-refractivity contribution in [1.29, 1.82) is 0 Å². The van der Waals surface area contributed by atoms with Crippen LogP contribution in [0, 0.1) is 5.82 Å². The second-order valence-corrected chi connectivity index (χ2v) is 5.31. The fraction of sp³-hybridized carbons (Fsp3) is 0.125. The molecule has 2 aromatic rings. The lowest BCUT2D eigenvalue weighted by Crippen LogP contribution is -2.30. The molecule has 3 nitrogen and oxygen atoms in total. The molecule has 0 spiro atoms. The molecule has 0 fully saturated rings. The molecule has 1 amide bonds. The van der Waals surface area contributed by atoms with Crippen LogP contribution in [-0.4, -0.2) is 17.9 Å². The zero-order chi connectivity index (χ0) is 15.0. The Hall–Kier alpha value is -2.27. The fourth-order valence-corrected chi connectivity index (χ4v) is 2.83. The summed E-state index contributed by atoms with van der Waals surface area (Å²) in [6.45, 7) is 0. The number of benzene rings is 2. The minimum atomic E-state index is -0.643. The highest BCUT2D eigenvalue weighted by Crippen LogP contribution is 2.38. The van der Waals surface area contributed by atoms with Crippen LogP contribution in [0.15, 0.2) is 48.5 Å². The largest absolute Gasteiger partial charge is 0.338 e. The van der Waals surface area contributed by atoms with E-state index in [0.717, 1.165) is 5.69 Å². The number of fused-ring (bicyclic) bond motifs is 1. The van der Waals surface area contributed by atoms with Gasteiger partial charge in [-0.3, -0.25) is 4.79 Å². The van der Waals surface area contributed by atoms with E-state index in [9.17, 15) is 9.18 Å². The predicted octanol–water partition coefficient (Wildman–Crippen LogP) is 3.33. The summed E-state index contributed by atoms with van der Waals surface area (Å²) in [6.07, 6.45) is 0. The smallest absolute Gasteiger partial charge is 0.238 e. The van der Waals surface area contributed by atoms with Gasteiger partial charge in [-0.25, -0.2) is 4.39 Å². The van der Waals surface area contributed by atoms with Crippen molar-refractivity contribution in [3.8, 4) is 0 Å². The van der Waals surface area contributed by atoms with E-state index in [1.165, 1.54) is 12.1 Å². The molecule has 0 aromatic heterocycles. The van der Waals surface area contributed by atoms with Gasteiger partial charge in [0.25, 0.3) is 0 Å². The Bertz CT molecular complexity index is 717. The second kappa shape index (κ2) is 5.26. The zero-order valence-electron chi connectivity index (χ0n) is 11.3. The summed E-state index contributed by atoms with van der Waals surface area (Å²) < 4.78 is 13.5. The Morgan fingerprint density at radius 3 is 2.67 bits per heavy atom. The van der Waals surface area contributed by atoms with Gasteiger partial charge in [-0.05, 0) is 35.9 Å². The van der Waals surface area contributed by atoms with Gasteiger partial charge in [-0.2, -0.15) is 0 Å². The van der Waals surface area contributed by atoms with Crippen molar-refractivity contribution in [3.63, 3.8) is 0 Å². The third-order valence-electron chi connectivity index (χ3n) is 3.54. The summed E-state index contributed by atoms with van der Waals surface area (Å²) in [4.78, 5) is 14.7. The van der Waals surface area contributed by atoms with E-state index < -0.39 is 5.92 Å². The highest BCUT2D eigenvalue weighted by atomic mass is 32.1. The van der Waals surface area contributed by atoms with Crippen LogP contribution in [0.3, 0.4) is 0 Å². The molecular weight excluding hydrogens is 287 g/mol. The maximum atomic E-state index is 13.5. The summed E-state index contributed by atoms with van der Waals surface area (Å²) in [5.41, 5.74) is 2.07. The first-order valence-electron chi connectivity index (χ1n) is 6.51. The Morgan fingerprint density at radius 1 is 1.24 bits per heavy atom. The fourth-order valence-electron chi connectivity index (χ4n) is 2.50. The number of thiocarbonyl (C=S) groups is 1. The zero-order valence-corrected chi connectivity index (χ0v) is 12.2. The van der Waals surface area contributed by atoms with Crippen LogP contribution in [0.4, 0.5) is 15.8 Å². The molecule has 5 heteroatoms. The van der Waals surface area contributed by atoms with Crippen LogP contribution >= 0.6 is 12.2 Å². The Kier molecular flexibility index (Phi) is 3.43. The molecule has 1 atom stereocenters. The molecule has 0 aliphatic carbocycles. The minimum Gasteiger partial charge on any atom is -0.338 e. The van der Waals surface area contributed by atoms with Gasteiger partial charge in [0.05, 0.1) is 4.99 Å². The average molecular weight is 300 g/mol. The van der Waals surface area contributed by atoms with E-state index in [2.05, 4.69) is 5.32 Å². The molecule has 1 heterocycles. The number of likely N-dealkylation sites (N-methyl/N-ethyl adjacent to an activating group) is 1. The number of hydrogen-bond acceptors (Lipinski definition) is 2. The van der Waals surface area contributed by atoms with E-state index in [4.69, 9.17) is 12.2 Å². The van der Waals surface area contributed by atoms with Gasteiger partial charge < -0.3 is 10.2 Å². The lowest BCUT2D eigenvalue weighted by molar-refractivity contribution is -0.116. The molecular formula is C16H13FN2OS. The third-order valence-corrected chi connectivity index (χ3v) is 4.05. The van der Waals surface area contributed by atoms with Crippen molar-refractivity contribution in [2.75, 3.05) is 17.3 Å². The van der Waals surface area contributed by atoms with Crippen molar-refractivity contribution in [2.24, 2.45) is 0 Å². The molecule has 0 saturated carbocycles. The molecule has 1 unspecified atom stereocenters. The Labute approximate surface area is 127 Å². The lowest BCUT2D eigenvalue weighted by atomic mass is 10.00. The first-order chi connectivity index (χ1) is 10.1. The van der Waals surface area contributed by atoms with Crippen LogP contribution in [0.5, 0.6) is 0 Å². The third kappa shape index (κ3) is 2.40. The van der Waals surface area contributed by atoms with Crippen LogP contribution in [0.2, 0.25) is 0 Å². The maximum absolute atomic E-state index is 13.5. The van der Waals surface area contributed by atoms with Crippen LogP contribution < -0.4 is 10.2 Å². The normalized spacial score (nSPS) is 16.8. The van der Waals surface area contributed by atoms with Crippen LogP contribution in [-0.2, 0) is 4.79 Å². The molecule has 0 saturated heterocycles. The molecule has 21 heavy (non-hydrogen) atoms. The number of rotatable bonds is 2. The van der Waals surface area contributed by atoms with E-state index >= 15 is 0 Å². The topological polar surface area (TPSA) is 32.3 Å². The van der Waals surface area contributed by atoms with Crippen molar-refractivity contribution < 1.29 is 9.18 Å². The van der Waals surface area contributed by atoms with Crippen molar-refractivity contribution >= 4 is 34.5 Å². The molecule has 0 radical (unpaired) electrons. The van der Waals surface area contributed by atoms with Crippen LogP contribution in [0.25, 0.3) is 0 Å². The van der Waals surface area contributed by atoms with Crippen LogP contribution in [0.1, 0.15) is 11.5 Å². The number of halogens is 1. The van der Waals surface area contributed by atoms with E-state index in [1.54, 1.807) is 30.1 Å². The maximum Gasteiger partial charge on any atom is 0.238 e. The summed E-state index contributed by atoms with van der Waals surface area (Å²) in [5, 5.41) is 2.82. The first-order valence-corrected chi connectivity index (χ1v) is 6.91. The minimum absolute atomic E-state index is 0.248. The van der Waals surface area contributed by atoms with Gasteiger partial charge in [0.2, 0.25) is 5.91 Å². The quantitative estimate of drug-likeness (QED) is 0.864. The summed E-state index contributed by atoms with van der Waals surface area (Å²) in [6, 6.07) is 13.5. The van der Waals surface area contributed by atoms with Gasteiger partial charge in [0.1, 0.15) is 11.7 Å². The molecule has 1 N–H and O–H groups in total. The number of carbonyl (C=O) groups is 1. The van der Waals surface area contributed by atoms with Gasteiger partial charge >= 0.3 is 0 Å². The summed E-state index contributed by atoms with van der Waals surface area (Å²) in [7, 11) is 1.79. The molecule has 1 aliphatic rings. The van der Waals surface area contributed by atoms with E-state index in [-0.39, 0.29) is 11.7 Å². The first kappa shape index (κ1) is 13.7. The highest BCUT2D eigenvalue weighted by Gasteiger charge is 2.37. The number of carbonyl (C=O) groups excluding carboxylic acids is 1. The lowest BCUT2D eigenvalue weighted by Gasteiger charge is -2.14. The summed E-state index contributed by atoms with van der Waals surface area (Å²) >= 11 is 5.35. The Balaban J connectivity index is 1.94. The van der Waals surface area contributed by atoms with Gasteiger partial charge in [-0.15, -0.1) is 0 Å². The van der Waals surface area contributed by atoms with E-state index in [1.807, 2.05) is 18.2 Å².